The first kappa shape index (κ1) is 45.1. The highest BCUT2D eigenvalue weighted by molar-refractivity contribution is 5.45. The number of hydrogen-bond acceptors (Lipinski definition) is 7. The van der Waals surface area contributed by atoms with Gasteiger partial charge in [-0.05, 0) is 117 Å². The van der Waals surface area contributed by atoms with E-state index in [2.05, 4.69) is 123 Å². The molecule has 0 aliphatic carbocycles. The Kier molecular flexibility index (Phi) is 17.4. The Balaban J connectivity index is 1.02. The van der Waals surface area contributed by atoms with Crippen LogP contribution >= 0.6 is 0 Å². The summed E-state index contributed by atoms with van der Waals surface area (Å²) >= 11 is 0. The average molecular weight is 821 g/mol. The number of aliphatic hydroxyl groups excluding tert-OH is 2. The number of benzene rings is 6. The first-order valence-corrected chi connectivity index (χ1v) is 21.9. The molecule has 0 heterocycles. The molecule has 0 unspecified atom stereocenters. The zero-order valence-electron chi connectivity index (χ0n) is 36.4. The molecule has 2 atom stereocenters. The molecule has 6 rings (SSSR count). The lowest BCUT2D eigenvalue weighted by Gasteiger charge is -2.32. The molecule has 320 valence electrons. The van der Waals surface area contributed by atoms with Gasteiger partial charge in [-0.15, -0.1) is 0 Å². The Labute approximate surface area is 364 Å². The summed E-state index contributed by atoms with van der Waals surface area (Å²) in [6, 6.07) is 52.5. The standard InChI is InChI=1S/C54H64N2O5/c1-40(2)56(41(3)4)32-29-50(46-18-12-7-13-19-46)51-34-43(22-26-54(51)61-39-45-16-10-6-11-17-45)30-33-59-49-24-20-42(21-25-49)28-31-55-36-52(58)47-23-27-53(48(35-47)37-57)60-38-44-14-8-5-9-15-44/h5-27,34-35,40-41,50,52,55,57-58H,28-33,36-39H2,1-4H3/t50-,52+/m1/s1. The molecule has 0 aliphatic heterocycles. The molecule has 0 saturated heterocycles. The highest BCUT2D eigenvalue weighted by Crippen LogP contribution is 2.37. The van der Waals surface area contributed by atoms with Crippen molar-refractivity contribution in [3.05, 3.63) is 196 Å². The number of ether oxygens (including phenoxy) is 3. The molecule has 0 aliphatic rings. The van der Waals surface area contributed by atoms with Gasteiger partial charge in [0, 0.05) is 42.1 Å². The average Bonchev–Trinajstić information content (AvgIpc) is 3.29. The smallest absolute Gasteiger partial charge is 0.125 e. The van der Waals surface area contributed by atoms with Gasteiger partial charge in [-0.1, -0.05) is 121 Å². The lowest BCUT2D eigenvalue weighted by Crippen LogP contribution is -2.38. The zero-order chi connectivity index (χ0) is 42.8. The molecule has 0 radical (unpaired) electrons. The van der Waals surface area contributed by atoms with Gasteiger partial charge in [-0.2, -0.15) is 0 Å². The summed E-state index contributed by atoms with van der Waals surface area (Å²) in [5.41, 5.74) is 8.52. The third kappa shape index (κ3) is 13.8. The second-order valence-electron chi connectivity index (χ2n) is 16.3. The number of rotatable bonds is 24. The summed E-state index contributed by atoms with van der Waals surface area (Å²) in [5, 5.41) is 24.2. The quantitative estimate of drug-likeness (QED) is 0.0525. The van der Waals surface area contributed by atoms with Crippen LogP contribution in [0, 0.1) is 0 Å². The van der Waals surface area contributed by atoms with E-state index in [9.17, 15) is 10.2 Å². The predicted molar refractivity (Wildman–Crippen MR) is 247 cm³/mol. The van der Waals surface area contributed by atoms with E-state index in [4.69, 9.17) is 14.2 Å². The van der Waals surface area contributed by atoms with Crippen molar-refractivity contribution < 1.29 is 24.4 Å². The van der Waals surface area contributed by atoms with Crippen LogP contribution in [-0.2, 0) is 32.7 Å². The van der Waals surface area contributed by atoms with Crippen LogP contribution < -0.4 is 19.5 Å². The monoisotopic (exact) mass is 820 g/mol. The Bertz CT molecular complexity index is 2150. The SMILES string of the molecule is CC(C)N(CC[C@H](c1ccccc1)c1cc(CCOc2ccc(CCNC[C@H](O)c3ccc(OCc4ccccc4)c(CO)c3)cc2)ccc1OCc1ccccc1)C(C)C. The van der Waals surface area contributed by atoms with E-state index < -0.39 is 6.10 Å². The maximum absolute atomic E-state index is 10.9. The summed E-state index contributed by atoms with van der Waals surface area (Å²) in [5.74, 6) is 2.57. The van der Waals surface area contributed by atoms with Gasteiger partial charge in [0.15, 0.2) is 0 Å². The molecule has 7 nitrogen and oxygen atoms in total. The zero-order valence-corrected chi connectivity index (χ0v) is 36.4. The molecule has 0 bridgehead atoms. The fourth-order valence-corrected chi connectivity index (χ4v) is 7.91. The van der Waals surface area contributed by atoms with Gasteiger partial charge in [0.25, 0.3) is 0 Å². The summed E-state index contributed by atoms with van der Waals surface area (Å²) in [4.78, 5) is 2.57. The van der Waals surface area contributed by atoms with E-state index >= 15 is 0 Å². The van der Waals surface area contributed by atoms with Crippen LogP contribution in [0.4, 0.5) is 0 Å². The van der Waals surface area contributed by atoms with Crippen molar-refractivity contribution in [3.63, 3.8) is 0 Å². The molecule has 7 heteroatoms. The molecule has 0 saturated carbocycles. The van der Waals surface area contributed by atoms with E-state index in [0.717, 1.165) is 54.0 Å². The third-order valence-electron chi connectivity index (χ3n) is 11.3. The Morgan fingerprint density at radius 1 is 0.574 bits per heavy atom. The maximum atomic E-state index is 10.9. The van der Waals surface area contributed by atoms with Gasteiger partial charge in [0.2, 0.25) is 0 Å². The summed E-state index contributed by atoms with van der Waals surface area (Å²) in [6.07, 6.45) is 1.87. The van der Waals surface area contributed by atoms with Gasteiger partial charge >= 0.3 is 0 Å². The van der Waals surface area contributed by atoms with E-state index in [1.165, 1.54) is 22.3 Å². The van der Waals surface area contributed by atoms with Crippen molar-refractivity contribution in [1.82, 2.24) is 10.2 Å². The minimum absolute atomic E-state index is 0.164. The fraction of sp³-hybridized carbons (Fsp3) is 0.333. The van der Waals surface area contributed by atoms with Crippen molar-refractivity contribution >= 4 is 0 Å². The van der Waals surface area contributed by atoms with Gasteiger partial charge in [-0.25, -0.2) is 0 Å². The number of nitrogens with one attached hydrogen (secondary N) is 1. The normalized spacial score (nSPS) is 12.5. The van der Waals surface area contributed by atoms with E-state index in [-0.39, 0.29) is 12.5 Å². The van der Waals surface area contributed by atoms with Crippen LogP contribution in [0.1, 0.15) is 90.6 Å². The van der Waals surface area contributed by atoms with Crippen LogP contribution in [0.5, 0.6) is 17.2 Å². The minimum Gasteiger partial charge on any atom is -0.493 e. The highest BCUT2D eigenvalue weighted by Gasteiger charge is 2.23. The molecule has 6 aromatic carbocycles. The number of aliphatic hydroxyl groups is 2. The number of hydrogen-bond donors (Lipinski definition) is 3. The molecule has 61 heavy (non-hydrogen) atoms. The van der Waals surface area contributed by atoms with Crippen molar-refractivity contribution in [2.24, 2.45) is 0 Å². The Hall–Kier alpha value is -5.44. The molecule has 0 amide bonds. The minimum atomic E-state index is -0.706. The van der Waals surface area contributed by atoms with Gasteiger partial charge in [-0.3, -0.25) is 4.90 Å². The first-order chi connectivity index (χ1) is 29.8. The lowest BCUT2D eigenvalue weighted by molar-refractivity contribution is 0.170. The van der Waals surface area contributed by atoms with Gasteiger partial charge in [0.05, 0.1) is 19.3 Å². The molecule has 0 aromatic heterocycles. The van der Waals surface area contributed by atoms with Crippen molar-refractivity contribution in [2.45, 2.75) is 90.9 Å². The lowest BCUT2D eigenvalue weighted by atomic mass is 9.86. The Morgan fingerprint density at radius 2 is 1.16 bits per heavy atom. The van der Waals surface area contributed by atoms with E-state index in [1.54, 1.807) is 0 Å². The second kappa shape index (κ2) is 23.5. The fourth-order valence-electron chi connectivity index (χ4n) is 7.91. The molecule has 6 aromatic rings. The van der Waals surface area contributed by atoms with Crippen LogP contribution in [0.15, 0.2) is 152 Å². The highest BCUT2D eigenvalue weighted by atomic mass is 16.5. The van der Waals surface area contributed by atoms with E-state index in [0.29, 0.717) is 56.3 Å². The van der Waals surface area contributed by atoms with Crippen LogP contribution in [0.2, 0.25) is 0 Å². The first-order valence-electron chi connectivity index (χ1n) is 21.9. The van der Waals surface area contributed by atoms with Crippen molar-refractivity contribution in [2.75, 3.05) is 26.2 Å². The molecule has 3 N–H and O–H groups in total. The Morgan fingerprint density at radius 3 is 1.79 bits per heavy atom. The van der Waals surface area contributed by atoms with Crippen LogP contribution in [-0.4, -0.2) is 53.4 Å². The van der Waals surface area contributed by atoms with Crippen LogP contribution in [0.25, 0.3) is 0 Å². The molecular formula is C54H64N2O5. The molecule has 0 fully saturated rings. The maximum Gasteiger partial charge on any atom is 0.125 e. The molecule has 0 spiro atoms. The molecular weight excluding hydrogens is 757 g/mol. The number of nitrogens with zero attached hydrogens (tertiary/aromatic N) is 1. The third-order valence-corrected chi connectivity index (χ3v) is 11.3. The summed E-state index contributed by atoms with van der Waals surface area (Å²) in [7, 11) is 0. The van der Waals surface area contributed by atoms with Crippen molar-refractivity contribution in [1.29, 1.82) is 0 Å². The summed E-state index contributed by atoms with van der Waals surface area (Å²) in [6.45, 7) is 12.6. The predicted octanol–water partition coefficient (Wildman–Crippen LogP) is 10.5. The largest absolute Gasteiger partial charge is 0.493 e. The second-order valence-corrected chi connectivity index (χ2v) is 16.3. The van der Waals surface area contributed by atoms with Crippen molar-refractivity contribution in [3.8, 4) is 17.2 Å². The van der Waals surface area contributed by atoms with Gasteiger partial charge < -0.3 is 29.7 Å². The van der Waals surface area contributed by atoms with Crippen LogP contribution in [0.3, 0.4) is 0 Å². The van der Waals surface area contributed by atoms with E-state index in [1.807, 2.05) is 66.7 Å². The topological polar surface area (TPSA) is 83.4 Å². The summed E-state index contributed by atoms with van der Waals surface area (Å²) < 4.78 is 18.8. The van der Waals surface area contributed by atoms with Gasteiger partial charge in [0.1, 0.15) is 30.5 Å².